The average Bonchev–Trinajstić information content (AvgIpc) is 3.04. The molecule has 3 heterocycles. The van der Waals surface area contributed by atoms with Crippen LogP contribution in [0.2, 0.25) is 0 Å². The van der Waals surface area contributed by atoms with Crippen LogP contribution in [-0.2, 0) is 22.6 Å². The van der Waals surface area contributed by atoms with E-state index < -0.39 is 0 Å². The van der Waals surface area contributed by atoms with Gasteiger partial charge in [-0.3, -0.25) is 14.5 Å². The Kier molecular flexibility index (Phi) is 12.2. The number of nitrogens with zero attached hydrogens (tertiary/aromatic N) is 2. The molecule has 0 unspecified atom stereocenters. The topological polar surface area (TPSA) is 86.9 Å². The Hall–Kier alpha value is -3.46. The van der Waals surface area contributed by atoms with Gasteiger partial charge >= 0.3 is 0 Å². The second kappa shape index (κ2) is 16.0. The summed E-state index contributed by atoms with van der Waals surface area (Å²) in [5.74, 6) is -0.179. The Morgan fingerprint density at radius 3 is 2.25 bits per heavy atom. The van der Waals surface area contributed by atoms with Crippen LogP contribution in [0, 0.1) is 20.8 Å². The van der Waals surface area contributed by atoms with E-state index in [0.29, 0.717) is 17.2 Å². The van der Waals surface area contributed by atoms with E-state index in [1.165, 1.54) is 5.56 Å². The molecule has 2 N–H and O–H groups in total. The van der Waals surface area contributed by atoms with Gasteiger partial charge in [-0.1, -0.05) is 38.1 Å². The molecular formula is C36H50N4O4. The highest BCUT2D eigenvalue weighted by atomic mass is 16.5. The fourth-order valence-electron chi connectivity index (χ4n) is 6.20. The second-order valence-electron chi connectivity index (χ2n) is 11.5. The van der Waals surface area contributed by atoms with Gasteiger partial charge in [-0.15, -0.1) is 0 Å². The number of pyridine rings is 1. The van der Waals surface area contributed by atoms with Crippen LogP contribution in [-0.4, -0.2) is 67.9 Å². The summed E-state index contributed by atoms with van der Waals surface area (Å²) in [6.07, 6.45) is 1.93. The van der Waals surface area contributed by atoms with Gasteiger partial charge in [-0.2, -0.15) is 0 Å². The second-order valence-corrected chi connectivity index (χ2v) is 11.5. The maximum Gasteiger partial charge on any atom is 0.251 e. The van der Waals surface area contributed by atoms with Crippen LogP contribution in [0.5, 0.6) is 0 Å². The van der Waals surface area contributed by atoms with Crippen LogP contribution in [0.3, 0.4) is 0 Å². The van der Waals surface area contributed by atoms with Gasteiger partial charge in [0.05, 0.1) is 13.2 Å². The molecule has 1 aromatic heterocycles. The molecule has 5 rings (SSSR count). The quantitative estimate of drug-likeness (QED) is 0.324. The number of carbonyl (C=O) groups is 1. The van der Waals surface area contributed by atoms with Crippen molar-refractivity contribution in [1.82, 2.24) is 15.2 Å². The van der Waals surface area contributed by atoms with Crippen molar-refractivity contribution in [2.75, 3.05) is 51.0 Å². The van der Waals surface area contributed by atoms with Crippen molar-refractivity contribution in [3.8, 4) is 11.1 Å². The van der Waals surface area contributed by atoms with Gasteiger partial charge in [-0.25, -0.2) is 0 Å². The molecule has 2 aliphatic heterocycles. The summed E-state index contributed by atoms with van der Waals surface area (Å²) >= 11 is 0. The standard InChI is InChI=1S/C34H44N4O4.C2H6/c1-5-38(29-10-14-41-15-11-29)32-20-28(27-8-6-26(7-9-27)22-37-12-16-42-17-13-37)19-30(24(32)3)34(40)35-21-31-25(4)36-23(2)18-33(31)39;1-2/h6-9,18-20,29H,5,10-17,21-22H2,1-4H3,(H,35,40)(H,36,39);1-2H3. The average molecular weight is 603 g/mol. The Labute approximate surface area is 262 Å². The monoisotopic (exact) mass is 602 g/mol. The first-order chi connectivity index (χ1) is 21.3. The Morgan fingerprint density at radius 1 is 0.955 bits per heavy atom. The lowest BCUT2D eigenvalue weighted by Crippen LogP contribution is -2.40. The van der Waals surface area contributed by atoms with Crippen molar-refractivity contribution >= 4 is 11.6 Å². The highest BCUT2D eigenvalue weighted by molar-refractivity contribution is 5.99. The van der Waals surface area contributed by atoms with E-state index in [-0.39, 0.29) is 17.9 Å². The lowest BCUT2D eigenvalue weighted by molar-refractivity contribution is 0.0342. The molecule has 1 amide bonds. The maximum absolute atomic E-state index is 13.7. The van der Waals surface area contributed by atoms with Crippen molar-refractivity contribution in [2.24, 2.45) is 0 Å². The number of H-pyrrole nitrogens is 1. The number of nitrogens with one attached hydrogen (secondary N) is 2. The number of hydrogen-bond donors (Lipinski definition) is 2. The number of aromatic amines is 1. The minimum absolute atomic E-state index is 0.0657. The fourth-order valence-corrected chi connectivity index (χ4v) is 6.20. The van der Waals surface area contributed by atoms with Crippen LogP contribution in [0.25, 0.3) is 11.1 Å². The molecular weight excluding hydrogens is 552 g/mol. The zero-order valence-corrected chi connectivity index (χ0v) is 27.4. The molecule has 2 fully saturated rings. The maximum atomic E-state index is 13.7. The molecule has 2 aromatic carbocycles. The van der Waals surface area contributed by atoms with Crippen LogP contribution in [0.4, 0.5) is 5.69 Å². The van der Waals surface area contributed by atoms with E-state index in [1.54, 1.807) is 6.07 Å². The lowest BCUT2D eigenvalue weighted by atomic mass is 9.94. The molecule has 0 spiro atoms. The summed E-state index contributed by atoms with van der Waals surface area (Å²) in [5.41, 5.74) is 8.11. The van der Waals surface area contributed by atoms with E-state index in [0.717, 1.165) is 99.2 Å². The first kappa shape index (κ1) is 33.4. The van der Waals surface area contributed by atoms with Gasteiger partial charge in [-0.05, 0) is 74.9 Å². The van der Waals surface area contributed by atoms with Gasteiger partial charge in [0, 0.05) is 86.2 Å². The number of aryl methyl sites for hydroxylation is 2. The first-order valence-electron chi connectivity index (χ1n) is 16.2. The third kappa shape index (κ3) is 8.17. The van der Waals surface area contributed by atoms with Gasteiger partial charge in [0.15, 0.2) is 5.43 Å². The number of hydrogen-bond acceptors (Lipinski definition) is 6. The number of aromatic nitrogens is 1. The number of amides is 1. The van der Waals surface area contributed by atoms with Crippen molar-refractivity contribution in [2.45, 2.75) is 73.5 Å². The summed E-state index contributed by atoms with van der Waals surface area (Å²) in [7, 11) is 0. The molecule has 3 aromatic rings. The van der Waals surface area contributed by atoms with Crippen molar-refractivity contribution in [3.05, 3.63) is 86.3 Å². The number of morpholine rings is 1. The Morgan fingerprint density at radius 2 is 1.61 bits per heavy atom. The van der Waals surface area contributed by atoms with Gasteiger partial charge in [0.25, 0.3) is 5.91 Å². The van der Waals surface area contributed by atoms with Gasteiger partial charge in [0.1, 0.15) is 0 Å². The van der Waals surface area contributed by atoms with Crippen LogP contribution >= 0.6 is 0 Å². The van der Waals surface area contributed by atoms with E-state index in [4.69, 9.17) is 9.47 Å². The molecule has 8 nitrogen and oxygen atoms in total. The molecule has 0 saturated carbocycles. The molecule has 0 bridgehead atoms. The summed E-state index contributed by atoms with van der Waals surface area (Å²) in [6, 6.07) is 14.9. The van der Waals surface area contributed by atoms with Crippen molar-refractivity contribution < 1.29 is 14.3 Å². The van der Waals surface area contributed by atoms with E-state index in [9.17, 15) is 9.59 Å². The number of anilines is 1. The number of rotatable bonds is 9. The van der Waals surface area contributed by atoms with Crippen molar-refractivity contribution in [1.29, 1.82) is 0 Å². The van der Waals surface area contributed by atoms with Crippen LogP contribution in [0.15, 0.2) is 47.3 Å². The summed E-state index contributed by atoms with van der Waals surface area (Å²) in [5, 5.41) is 3.04. The molecule has 0 radical (unpaired) electrons. The smallest absolute Gasteiger partial charge is 0.251 e. The molecule has 2 aliphatic rings. The molecule has 0 atom stereocenters. The van der Waals surface area contributed by atoms with Crippen LogP contribution < -0.4 is 15.6 Å². The fraction of sp³-hybridized carbons (Fsp3) is 0.500. The van der Waals surface area contributed by atoms with E-state index in [1.807, 2.05) is 40.7 Å². The summed E-state index contributed by atoms with van der Waals surface area (Å²) in [4.78, 5) is 34.4. The highest BCUT2D eigenvalue weighted by Crippen LogP contribution is 2.34. The Balaban J connectivity index is 0.00000216. The lowest BCUT2D eigenvalue weighted by Gasteiger charge is -2.37. The normalized spacial score (nSPS) is 15.8. The predicted molar refractivity (Wildman–Crippen MR) is 179 cm³/mol. The summed E-state index contributed by atoms with van der Waals surface area (Å²) < 4.78 is 11.1. The molecule has 44 heavy (non-hydrogen) atoms. The zero-order chi connectivity index (χ0) is 31.6. The third-order valence-corrected chi connectivity index (χ3v) is 8.61. The predicted octanol–water partition coefficient (Wildman–Crippen LogP) is 5.76. The van der Waals surface area contributed by atoms with E-state index in [2.05, 4.69) is 57.4 Å². The molecule has 0 aliphatic carbocycles. The number of carbonyl (C=O) groups excluding carboxylic acids is 1. The highest BCUT2D eigenvalue weighted by Gasteiger charge is 2.25. The van der Waals surface area contributed by atoms with Crippen LogP contribution in [0.1, 0.15) is 72.0 Å². The SMILES string of the molecule is CC.CCN(c1cc(-c2ccc(CN3CCOCC3)cc2)cc(C(=O)NCc2c(C)[nH]c(C)cc2=O)c1C)C1CCOCC1. The molecule has 2 saturated heterocycles. The molecule has 8 heteroatoms. The first-order valence-corrected chi connectivity index (χ1v) is 16.2. The zero-order valence-electron chi connectivity index (χ0n) is 27.4. The third-order valence-electron chi connectivity index (χ3n) is 8.61. The van der Waals surface area contributed by atoms with Crippen molar-refractivity contribution in [3.63, 3.8) is 0 Å². The minimum Gasteiger partial charge on any atom is -0.381 e. The van der Waals surface area contributed by atoms with Gasteiger partial charge in [0.2, 0.25) is 0 Å². The van der Waals surface area contributed by atoms with Gasteiger partial charge < -0.3 is 24.7 Å². The largest absolute Gasteiger partial charge is 0.381 e. The number of benzene rings is 2. The minimum atomic E-state index is -0.179. The number of ether oxygens (including phenoxy) is 2. The molecule has 238 valence electrons. The summed E-state index contributed by atoms with van der Waals surface area (Å²) in [6.45, 7) is 18.8. The Bertz CT molecular complexity index is 1440. The van der Waals surface area contributed by atoms with E-state index >= 15 is 0 Å².